The number of unbranched alkanes of at least 4 members (excludes halogenated alkanes) is 1. The molecule has 0 amide bonds. The van der Waals surface area contributed by atoms with E-state index < -0.39 is 0 Å². The van der Waals surface area contributed by atoms with Crippen LogP contribution in [0.5, 0.6) is 0 Å². The lowest BCUT2D eigenvalue weighted by atomic mass is 10.1. The summed E-state index contributed by atoms with van der Waals surface area (Å²) in [6, 6.07) is 0.836. The third-order valence-electron chi connectivity index (χ3n) is 2.76. The summed E-state index contributed by atoms with van der Waals surface area (Å²) in [5, 5.41) is 12.1. The van der Waals surface area contributed by atoms with Crippen LogP contribution in [-0.2, 0) is 0 Å². The molecule has 0 unspecified atom stereocenters. The predicted molar refractivity (Wildman–Crippen MR) is 50.6 cm³/mol. The van der Waals surface area contributed by atoms with E-state index in [-0.39, 0.29) is 0 Å². The van der Waals surface area contributed by atoms with Gasteiger partial charge in [-0.05, 0) is 6.42 Å². The third-order valence-corrected chi connectivity index (χ3v) is 2.76. The van der Waals surface area contributed by atoms with Crippen LogP contribution in [-0.4, -0.2) is 23.1 Å². The number of nitrogens with zero attached hydrogens (tertiary/aromatic N) is 2. The zero-order valence-electron chi connectivity index (χ0n) is 7.90. The summed E-state index contributed by atoms with van der Waals surface area (Å²) >= 11 is 0. The maximum Gasteiger partial charge on any atom is 0.181 e. The van der Waals surface area contributed by atoms with Crippen LogP contribution in [0.25, 0.3) is 0 Å². The van der Waals surface area contributed by atoms with Crippen LogP contribution in [0.1, 0.15) is 26.2 Å². The molecule has 0 aromatic rings. The summed E-state index contributed by atoms with van der Waals surface area (Å²) < 4.78 is 0. The van der Waals surface area contributed by atoms with Crippen molar-refractivity contribution >= 4 is 0 Å². The molecule has 1 fully saturated rings. The molecule has 3 nitrogen and oxygen atoms in total. The summed E-state index contributed by atoms with van der Waals surface area (Å²) in [4.78, 5) is 1.79. The van der Waals surface area contributed by atoms with Gasteiger partial charge >= 0.3 is 0 Å². The van der Waals surface area contributed by atoms with Gasteiger partial charge in [0.25, 0.3) is 0 Å². The van der Waals surface area contributed by atoms with E-state index in [1.807, 2.05) is 0 Å². The molecule has 3 atom stereocenters. The smallest absolute Gasteiger partial charge is 0.181 e. The maximum atomic E-state index is 8.70. The van der Waals surface area contributed by atoms with E-state index in [0.29, 0.717) is 18.2 Å². The molecule has 1 N–H and O–H groups in total. The first-order valence-corrected chi connectivity index (χ1v) is 4.99. The largest absolute Gasteiger partial charge is 0.288 e. The lowest BCUT2D eigenvalue weighted by molar-refractivity contribution is 0.486. The van der Waals surface area contributed by atoms with Crippen molar-refractivity contribution in [1.29, 1.82) is 5.26 Å². The number of rotatable bonds is 3. The highest BCUT2D eigenvalue weighted by Crippen LogP contribution is 2.30. The van der Waals surface area contributed by atoms with Crippen LogP contribution in [0.3, 0.4) is 0 Å². The molecule has 0 radical (unpaired) electrons. The van der Waals surface area contributed by atoms with Gasteiger partial charge in [0, 0.05) is 6.04 Å². The molecule has 0 aliphatic carbocycles. The van der Waals surface area contributed by atoms with Crippen LogP contribution in [0, 0.1) is 11.5 Å². The number of hydrogen-bond donors (Lipinski definition) is 1. The molecule has 1 saturated heterocycles. The van der Waals surface area contributed by atoms with Crippen molar-refractivity contribution in [3.8, 4) is 6.19 Å². The fourth-order valence-corrected chi connectivity index (χ4v) is 1.88. The minimum atomic E-state index is 0.303. The molecular formula is C10H15N3. The Morgan fingerprint density at radius 2 is 2.38 bits per heavy atom. The average molecular weight is 177 g/mol. The van der Waals surface area contributed by atoms with Gasteiger partial charge in [-0.3, -0.25) is 10.2 Å². The van der Waals surface area contributed by atoms with E-state index in [1.54, 1.807) is 4.90 Å². The van der Waals surface area contributed by atoms with Crippen LogP contribution in [0.15, 0.2) is 12.2 Å². The Labute approximate surface area is 79.0 Å². The summed E-state index contributed by atoms with van der Waals surface area (Å²) in [7, 11) is 0. The topological polar surface area (TPSA) is 38.8 Å². The molecule has 13 heavy (non-hydrogen) atoms. The first-order chi connectivity index (χ1) is 6.36. The van der Waals surface area contributed by atoms with Crippen LogP contribution in [0.2, 0.25) is 0 Å². The lowest BCUT2D eigenvalue weighted by Gasteiger charge is -2.15. The second-order valence-electron chi connectivity index (χ2n) is 3.74. The zero-order valence-corrected chi connectivity index (χ0v) is 7.90. The van der Waals surface area contributed by atoms with Crippen molar-refractivity contribution in [3.05, 3.63) is 12.2 Å². The zero-order chi connectivity index (χ0) is 9.26. The number of fused-ring (bicyclic) bond motifs is 1. The van der Waals surface area contributed by atoms with Gasteiger partial charge in [-0.15, -0.1) is 0 Å². The van der Waals surface area contributed by atoms with Crippen molar-refractivity contribution in [3.63, 3.8) is 0 Å². The van der Waals surface area contributed by atoms with Crippen molar-refractivity contribution in [2.75, 3.05) is 0 Å². The molecule has 2 aliphatic rings. The maximum absolute atomic E-state index is 8.70. The molecule has 0 bridgehead atoms. The Morgan fingerprint density at radius 1 is 1.54 bits per heavy atom. The fourth-order valence-electron chi connectivity index (χ4n) is 1.88. The molecule has 2 heterocycles. The van der Waals surface area contributed by atoms with E-state index in [0.717, 1.165) is 0 Å². The van der Waals surface area contributed by atoms with E-state index in [9.17, 15) is 0 Å². The molecule has 70 valence electrons. The number of hydrogen-bond acceptors (Lipinski definition) is 3. The van der Waals surface area contributed by atoms with Crippen molar-refractivity contribution in [2.24, 2.45) is 0 Å². The predicted octanol–water partition coefficient (Wildman–Crippen LogP) is 1.20. The Morgan fingerprint density at radius 3 is 3.08 bits per heavy atom. The normalized spacial score (nSPS) is 35.4. The number of nitriles is 1. The van der Waals surface area contributed by atoms with Crippen LogP contribution in [0.4, 0.5) is 0 Å². The van der Waals surface area contributed by atoms with Gasteiger partial charge in [-0.25, -0.2) is 0 Å². The van der Waals surface area contributed by atoms with Gasteiger partial charge in [0.15, 0.2) is 6.19 Å². The molecule has 0 aromatic heterocycles. The van der Waals surface area contributed by atoms with Gasteiger partial charge in [0.05, 0.1) is 6.04 Å². The lowest BCUT2D eigenvalue weighted by Crippen LogP contribution is -2.34. The SMILES string of the molecule is CCCC[C@@H]1C=C[C@H]2[C@@H](N1)N2C#N. The Hall–Kier alpha value is -1.01. The summed E-state index contributed by atoms with van der Waals surface area (Å²) in [5.41, 5.74) is 0. The van der Waals surface area contributed by atoms with Gasteiger partial charge in [0.2, 0.25) is 0 Å². The molecule has 2 rings (SSSR count). The fraction of sp³-hybridized carbons (Fsp3) is 0.700. The van der Waals surface area contributed by atoms with Crippen molar-refractivity contribution in [2.45, 2.75) is 44.4 Å². The molecule has 3 heteroatoms. The van der Waals surface area contributed by atoms with Gasteiger partial charge in [-0.1, -0.05) is 31.9 Å². The van der Waals surface area contributed by atoms with E-state index >= 15 is 0 Å². The average Bonchev–Trinajstić information content (AvgIpc) is 2.87. The Balaban J connectivity index is 1.84. The van der Waals surface area contributed by atoms with E-state index in [1.165, 1.54) is 19.3 Å². The third kappa shape index (κ3) is 1.54. The summed E-state index contributed by atoms with van der Waals surface area (Å²) in [5.74, 6) is 0. The van der Waals surface area contributed by atoms with Gasteiger partial charge < -0.3 is 0 Å². The van der Waals surface area contributed by atoms with E-state index in [2.05, 4.69) is 30.6 Å². The molecule has 0 aromatic carbocycles. The molecule has 0 spiro atoms. The van der Waals surface area contributed by atoms with Crippen LogP contribution < -0.4 is 5.32 Å². The molecular weight excluding hydrogens is 162 g/mol. The van der Waals surface area contributed by atoms with Gasteiger partial charge in [-0.2, -0.15) is 5.26 Å². The first-order valence-electron chi connectivity index (χ1n) is 4.99. The second kappa shape index (κ2) is 3.39. The standard InChI is InChI=1S/C10H15N3/c1-2-3-4-8-5-6-9-10(12-8)13(9)7-11/h5-6,8-10,12H,2-4H2,1H3/t8-,9+,10+,13?/m1/s1. The summed E-state index contributed by atoms with van der Waals surface area (Å²) in [6.07, 6.45) is 10.5. The molecule has 0 saturated carbocycles. The minimum Gasteiger partial charge on any atom is -0.288 e. The van der Waals surface area contributed by atoms with E-state index in [4.69, 9.17) is 5.26 Å². The highest BCUT2D eigenvalue weighted by Gasteiger charge is 2.48. The van der Waals surface area contributed by atoms with Crippen molar-refractivity contribution in [1.82, 2.24) is 10.2 Å². The highest BCUT2D eigenvalue weighted by molar-refractivity contribution is 5.23. The first kappa shape index (κ1) is 8.58. The molecule has 2 aliphatic heterocycles. The quantitative estimate of drug-likeness (QED) is 0.400. The Bertz CT molecular complexity index is 253. The highest BCUT2D eigenvalue weighted by atomic mass is 15.4. The minimum absolute atomic E-state index is 0.303. The Kier molecular flexibility index (Phi) is 2.24. The number of nitrogens with one attached hydrogen (secondary N) is 1. The summed E-state index contributed by atoms with van der Waals surface area (Å²) in [6.45, 7) is 2.20. The monoisotopic (exact) mass is 177 g/mol. The second-order valence-corrected chi connectivity index (χ2v) is 3.74. The van der Waals surface area contributed by atoms with Gasteiger partial charge in [0.1, 0.15) is 6.17 Å². The van der Waals surface area contributed by atoms with Crippen molar-refractivity contribution < 1.29 is 0 Å². The van der Waals surface area contributed by atoms with Crippen LogP contribution >= 0.6 is 0 Å².